The minimum atomic E-state index is -0.865. The van der Waals surface area contributed by atoms with Gasteiger partial charge in [-0.15, -0.1) is 0 Å². The third-order valence-corrected chi connectivity index (χ3v) is 9.47. The lowest BCUT2D eigenvalue weighted by Gasteiger charge is -2.37. The summed E-state index contributed by atoms with van der Waals surface area (Å²) in [5.41, 5.74) is 3.29. The molecule has 1 saturated carbocycles. The average Bonchev–Trinajstić information content (AvgIpc) is 3.58. The van der Waals surface area contributed by atoms with Crippen LogP contribution in [-0.2, 0) is 21.4 Å². The van der Waals surface area contributed by atoms with E-state index in [9.17, 15) is 14.4 Å². The molecule has 0 bridgehead atoms. The quantitative estimate of drug-likeness (QED) is 0.445. The predicted molar refractivity (Wildman–Crippen MR) is 164 cm³/mol. The minimum absolute atomic E-state index is 0.00257. The van der Waals surface area contributed by atoms with Crippen LogP contribution in [0.15, 0.2) is 53.7 Å². The number of aliphatic imine (C=N–C) groups is 1. The van der Waals surface area contributed by atoms with E-state index in [1.165, 1.54) is 0 Å². The van der Waals surface area contributed by atoms with Crippen LogP contribution in [0.5, 0.6) is 0 Å². The zero-order chi connectivity index (χ0) is 29.9. The van der Waals surface area contributed by atoms with Crippen LogP contribution in [0, 0.1) is 11.8 Å². The van der Waals surface area contributed by atoms with Crippen molar-refractivity contribution in [3.05, 3.63) is 54.2 Å². The maximum Gasteiger partial charge on any atom is 0.257 e. The van der Waals surface area contributed by atoms with Crippen LogP contribution < -0.4 is 0 Å². The molecule has 0 radical (unpaired) electrons. The van der Waals surface area contributed by atoms with Gasteiger partial charge in [0, 0.05) is 56.0 Å². The van der Waals surface area contributed by atoms with Gasteiger partial charge < -0.3 is 9.80 Å². The van der Waals surface area contributed by atoms with Crippen LogP contribution in [0.4, 0.5) is 0 Å². The van der Waals surface area contributed by atoms with E-state index in [0.29, 0.717) is 51.6 Å². The van der Waals surface area contributed by atoms with Crippen molar-refractivity contribution in [2.75, 3.05) is 39.5 Å². The fourth-order valence-corrected chi connectivity index (χ4v) is 6.68. The number of hydrogen-bond donors (Lipinski definition) is 0. The van der Waals surface area contributed by atoms with Gasteiger partial charge in [-0.1, -0.05) is 44.2 Å². The van der Waals surface area contributed by atoms with Crippen molar-refractivity contribution in [1.82, 2.24) is 29.4 Å². The number of rotatable bonds is 6. The van der Waals surface area contributed by atoms with Gasteiger partial charge in [0.1, 0.15) is 11.4 Å². The van der Waals surface area contributed by atoms with Gasteiger partial charge in [-0.2, -0.15) is 5.10 Å². The molecule has 7 rings (SSSR count). The first-order valence-electron chi connectivity index (χ1n) is 15.5. The van der Waals surface area contributed by atoms with E-state index in [0.717, 1.165) is 47.0 Å². The molecule has 3 fully saturated rings. The molecule has 43 heavy (non-hydrogen) atoms. The average molecular weight is 582 g/mol. The van der Waals surface area contributed by atoms with Gasteiger partial charge >= 0.3 is 0 Å². The number of hydrogen-bond acceptors (Lipinski definition) is 6. The van der Waals surface area contributed by atoms with Gasteiger partial charge in [0.05, 0.1) is 25.1 Å². The molecule has 3 aromatic rings. The highest BCUT2D eigenvalue weighted by Crippen LogP contribution is 2.37. The standard InChI is InChI=1S/C33H39N7O3/c1-22(2)30(41)38-14-12-33(13-15-38)32(43)40(21-37-16-17-39(20-37)31(42)25-8-9-25)29(35-33)24-6-4-23(5-7-24)26-10-11-28-27(18-26)19-34-36(28)3/h4-7,10-11,18-19,22,25H,8-9,12-17,20-21H2,1-3H3. The van der Waals surface area contributed by atoms with E-state index < -0.39 is 5.54 Å². The predicted octanol–water partition coefficient (Wildman–Crippen LogP) is 3.32. The van der Waals surface area contributed by atoms with Crippen molar-refractivity contribution in [3.8, 4) is 11.1 Å². The summed E-state index contributed by atoms with van der Waals surface area (Å²) in [4.78, 5) is 52.5. The van der Waals surface area contributed by atoms with E-state index in [-0.39, 0.29) is 29.6 Å². The smallest absolute Gasteiger partial charge is 0.257 e. The molecule has 3 amide bonds. The Morgan fingerprint density at radius 3 is 2.33 bits per heavy atom. The number of amidine groups is 1. The lowest BCUT2D eigenvalue weighted by Crippen LogP contribution is -2.53. The molecular formula is C33H39N7O3. The number of carbonyl (C=O) groups excluding carboxylic acids is 3. The second-order valence-corrected chi connectivity index (χ2v) is 12.9. The Morgan fingerprint density at radius 2 is 1.63 bits per heavy atom. The van der Waals surface area contributed by atoms with Crippen molar-refractivity contribution in [2.45, 2.75) is 45.1 Å². The number of amides is 3. The normalized spacial score (nSPS) is 20.6. The van der Waals surface area contributed by atoms with Gasteiger partial charge in [-0.3, -0.25) is 33.9 Å². The lowest BCUT2D eigenvalue weighted by atomic mass is 9.87. The van der Waals surface area contributed by atoms with Crippen molar-refractivity contribution in [2.24, 2.45) is 23.9 Å². The summed E-state index contributed by atoms with van der Waals surface area (Å²) in [5.74, 6) is 1.15. The van der Waals surface area contributed by atoms with E-state index >= 15 is 0 Å². The maximum absolute atomic E-state index is 14.2. The van der Waals surface area contributed by atoms with E-state index in [2.05, 4.69) is 40.3 Å². The lowest BCUT2D eigenvalue weighted by molar-refractivity contribution is -0.140. The largest absolute Gasteiger partial charge is 0.342 e. The van der Waals surface area contributed by atoms with Gasteiger partial charge in [0.25, 0.3) is 5.91 Å². The molecule has 3 aliphatic heterocycles. The number of piperidine rings is 1. The summed E-state index contributed by atoms with van der Waals surface area (Å²) in [6, 6.07) is 14.6. The molecule has 1 spiro atoms. The third kappa shape index (κ3) is 5.01. The highest BCUT2D eigenvalue weighted by molar-refractivity contribution is 6.15. The SMILES string of the molecule is CC(C)C(=O)N1CCC2(CC1)N=C(c1ccc(-c3ccc4c(cnn4C)c3)cc1)N(CN1CCN(C(=O)C3CC3)C1)C2=O. The zero-order valence-electron chi connectivity index (χ0n) is 25.2. The van der Waals surface area contributed by atoms with Gasteiger partial charge in [0.15, 0.2) is 0 Å². The van der Waals surface area contributed by atoms with Gasteiger partial charge in [0.2, 0.25) is 11.8 Å². The molecule has 224 valence electrons. The zero-order valence-corrected chi connectivity index (χ0v) is 25.2. The molecule has 0 atom stereocenters. The molecule has 10 heteroatoms. The summed E-state index contributed by atoms with van der Waals surface area (Å²) >= 11 is 0. The van der Waals surface area contributed by atoms with E-state index in [1.54, 1.807) is 0 Å². The number of aryl methyl sites for hydroxylation is 1. The van der Waals surface area contributed by atoms with Crippen LogP contribution in [0.3, 0.4) is 0 Å². The Hall–Kier alpha value is -4.05. The molecule has 2 aromatic carbocycles. The molecule has 0 N–H and O–H groups in total. The number of nitrogens with zero attached hydrogens (tertiary/aromatic N) is 7. The van der Waals surface area contributed by atoms with E-state index in [4.69, 9.17) is 4.99 Å². The van der Waals surface area contributed by atoms with Crippen LogP contribution in [-0.4, -0.2) is 98.0 Å². The first-order chi connectivity index (χ1) is 20.7. The summed E-state index contributed by atoms with van der Waals surface area (Å²) in [6.45, 7) is 7.22. The van der Waals surface area contributed by atoms with Crippen LogP contribution >= 0.6 is 0 Å². The summed E-state index contributed by atoms with van der Waals surface area (Å²) in [7, 11) is 1.94. The summed E-state index contributed by atoms with van der Waals surface area (Å²) in [5, 5.41) is 5.45. The highest BCUT2D eigenvalue weighted by Gasteiger charge is 2.51. The Kier molecular flexibility index (Phi) is 6.84. The van der Waals surface area contributed by atoms with Crippen molar-refractivity contribution < 1.29 is 14.4 Å². The highest BCUT2D eigenvalue weighted by atomic mass is 16.2. The van der Waals surface area contributed by atoms with Crippen molar-refractivity contribution >= 4 is 34.5 Å². The Labute approximate surface area is 251 Å². The molecule has 1 aliphatic carbocycles. The molecule has 0 unspecified atom stereocenters. The number of carbonyl (C=O) groups is 3. The first kappa shape index (κ1) is 27.8. The molecular weight excluding hydrogens is 542 g/mol. The van der Waals surface area contributed by atoms with Gasteiger partial charge in [-0.05, 0) is 48.9 Å². The Balaban J connectivity index is 1.15. The number of benzene rings is 2. The van der Waals surface area contributed by atoms with Gasteiger partial charge in [-0.25, -0.2) is 0 Å². The second-order valence-electron chi connectivity index (χ2n) is 12.9. The molecule has 1 aromatic heterocycles. The Morgan fingerprint density at radius 1 is 0.930 bits per heavy atom. The third-order valence-electron chi connectivity index (χ3n) is 9.47. The fraction of sp³-hybridized carbons (Fsp3) is 0.485. The molecule has 10 nitrogen and oxygen atoms in total. The molecule has 4 heterocycles. The molecule has 2 saturated heterocycles. The molecule has 4 aliphatic rings. The van der Waals surface area contributed by atoms with E-state index in [1.807, 2.05) is 58.6 Å². The maximum atomic E-state index is 14.2. The van der Waals surface area contributed by atoms with Crippen LogP contribution in [0.1, 0.15) is 45.1 Å². The fourth-order valence-electron chi connectivity index (χ4n) is 6.68. The number of likely N-dealkylation sites (tertiary alicyclic amines) is 1. The van der Waals surface area contributed by atoms with Crippen LogP contribution in [0.25, 0.3) is 22.0 Å². The monoisotopic (exact) mass is 581 g/mol. The summed E-state index contributed by atoms with van der Waals surface area (Å²) < 4.78 is 1.87. The van der Waals surface area contributed by atoms with Crippen LogP contribution in [0.2, 0.25) is 0 Å². The van der Waals surface area contributed by atoms with Crippen molar-refractivity contribution in [1.29, 1.82) is 0 Å². The topological polar surface area (TPSA) is 94.3 Å². The summed E-state index contributed by atoms with van der Waals surface area (Å²) in [6.07, 6.45) is 4.88. The minimum Gasteiger partial charge on any atom is -0.342 e. The first-order valence-corrected chi connectivity index (χ1v) is 15.5. The second kappa shape index (κ2) is 10.6. The number of aromatic nitrogens is 2. The van der Waals surface area contributed by atoms with Crippen molar-refractivity contribution in [3.63, 3.8) is 0 Å². The number of fused-ring (bicyclic) bond motifs is 1. The Bertz CT molecular complexity index is 1610.